The second-order valence-corrected chi connectivity index (χ2v) is 5.44. The van der Waals surface area contributed by atoms with Gasteiger partial charge in [0.1, 0.15) is 16.4 Å². The maximum absolute atomic E-state index is 11.4. The molecular weight excluding hydrogens is 313 g/mol. The van der Waals surface area contributed by atoms with E-state index in [1.165, 1.54) is 6.20 Å². The van der Waals surface area contributed by atoms with E-state index in [-0.39, 0.29) is 11.1 Å². The highest BCUT2D eigenvalue weighted by Crippen LogP contribution is 2.29. The zero-order valence-corrected chi connectivity index (χ0v) is 12.5. The number of hydrogen-bond donors (Lipinski definition) is 2. The molecule has 108 valence electrons. The molecule has 0 saturated heterocycles. The van der Waals surface area contributed by atoms with Gasteiger partial charge in [-0.1, -0.05) is 23.2 Å². The molecule has 0 spiro atoms. The molecule has 5 nitrogen and oxygen atoms in total. The number of rotatable bonds is 3. The van der Waals surface area contributed by atoms with Gasteiger partial charge in [0, 0.05) is 10.4 Å². The molecule has 1 atom stereocenters. The average molecular weight is 324 g/mol. The second kappa shape index (κ2) is 5.42. The molecule has 3 rings (SSSR count). The van der Waals surface area contributed by atoms with Crippen molar-refractivity contribution in [3.63, 3.8) is 0 Å². The Kier molecular flexibility index (Phi) is 3.61. The van der Waals surface area contributed by atoms with Crippen LogP contribution in [-0.4, -0.2) is 10.2 Å². The Labute approximate surface area is 129 Å². The van der Waals surface area contributed by atoms with Crippen LogP contribution in [0.3, 0.4) is 0 Å². The lowest BCUT2D eigenvalue weighted by molar-refractivity contribution is 0.526. The fourth-order valence-corrected chi connectivity index (χ4v) is 2.36. The van der Waals surface area contributed by atoms with Crippen molar-refractivity contribution in [3.8, 4) is 0 Å². The molecule has 3 aromatic rings. The fraction of sp³-hybridized carbons (Fsp3) is 0.143. The van der Waals surface area contributed by atoms with Crippen LogP contribution in [-0.2, 0) is 0 Å². The molecule has 7 heteroatoms. The van der Waals surface area contributed by atoms with Crippen molar-refractivity contribution < 1.29 is 4.42 Å². The molecule has 0 aliphatic rings. The first-order valence-electron chi connectivity index (χ1n) is 6.23. The molecule has 1 aromatic carbocycles. The number of benzene rings is 1. The molecule has 0 saturated carbocycles. The van der Waals surface area contributed by atoms with Gasteiger partial charge >= 0.3 is 0 Å². The van der Waals surface area contributed by atoms with Crippen molar-refractivity contribution in [1.29, 1.82) is 0 Å². The average Bonchev–Trinajstić information content (AvgIpc) is 2.87. The number of hydrogen-bond acceptors (Lipinski definition) is 4. The highest BCUT2D eigenvalue weighted by Gasteiger charge is 2.14. The van der Waals surface area contributed by atoms with Gasteiger partial charge in [0.25, 0.3) is 5.56 Å². The predicted octanol–water partition coefficient (Wildman–Crippen LogP) is 4.00. The van der Waals surface area contributed by atoms with Crippen LogP contribution in [0.25, 0.3) is 11.0 Å². The summed E-state index contributed by atoms with van der Waals surface area (Å²) in [6, 6.07) is 7.13. The molecule has 2 heterocycles. The van der Waals surface area contributed by atoms with Gasteiger partial charge in [0.15, 0.2) is 0 Å². The third kappa shape index (κ3) is 2.75. The maximum Gasteiger partial charge on any atom is 0.285 e. The summed E-state index contributed by atoms with van der Waals surface area (Å²) in [6.45, 7) is 1.90. The zero-order valence-electron chi connectivity index (χ0n) is 11.0. The zero-order chi connectivity index (χ0) is 15.0. The van der Waals surface area contributed by atoms with Crippen molar-refractivity contribution in [2.45, 2.75) is 13.0 Å². The Morgan fingerprint density at radius 1 is 1.33 bits per heavy atom. The van der Waals surface area contributed by atoms with Crippen molar-refractivity contribution in [2.24, 2.45) is 0 Å². The number of aromatic amines is 1. The van der Waals surface area contributed by atoms with E-state index in [0.717, 1.165) is 11.0 Å². The Balaban J connectivity index is 1.91. The number of fused-ring (bicyclic) bond motifs is 1. The summed E-state index contributed by atoms with van der Waals surface area (Å²) >= 11 is 11.9. The Hall–Kier alpha value is -1.98. The molecule has 0 bridgehead atoms. The van der Waals surface area contributed by atoms with Crippen molar-refractivity contribution in [1.82, 2.24) is 10.2 Å². The first kappa shape index (κ1) is 14.0. The van der Waals surface area contributed by atoms with E-state index >= 15 is 0 Å². The largest absolute Gasteiger partial charge is 0.459 e. The quantitative estimate of drug-likeness (QED) is 0.764. The van der Waals surface area contributed by atoms with Crippen LogP contribution < -0.4 is 10.9 Å². The molecule has 21 heavy (non-hydrogen) atoms. The summed E-state index contributed by atoms with van der Waals surface area (Å²) in [5.74, 6) is 0.712. The Morgan fingerprint density at radius 2 is 2.14 bits per heavy atom. The molecule has 2 N–H and O–H groups in total. The SMILES string of the molecule is CC(Nc1cn[nH]c(=O)c1Cl)c1cc2cc(Cl)ccc2o1. The van der Waals surface area contributed by atoms with E-state index in [1.807, 2.05) is 25.1 Å². The summed E-state index contributed by atoms with van der Waals surface area (Å²) in [5.41, 5.74) is 0.759. The Bertz CT molecular complexity index is 857. The van der Waals surface area contributed by atoms with E-state index in [4.69, 9.17) is 27.6 Å². The standard InChI is InChI=1S/C14H11Cl2N3O2/c1-7(18-10-6-17-19-14(20)13(10)16)12-5-8-4-9(15)2-3-11(8)21-12/h2-7H,1H3,(H2,18,19,20). The molecule has 2 aromatic heterocycles. The lowest BCUT2D eigenvalue weighted by Gasteiger charge is -2.12. The minimum absolute atomic E-state index is 0.0657. The van der Waals surface area contributed by atoms with Crippen LogP contribution in [0.15, 0.2) is 39.7 Å². The van der Waals surface area contributed by atoms with Gasteiger partial charge in [0.2, 0.25) is 0 Å². The normalized spacial score (nSPS) is 12.5. The second-order valence-electron chi connectivity index (χ2n) is 4.62. The summed E-state index contributed by atoms with van der Waals surface area (Å²) in [6.07, 6.45) is 1.46. The lowest BCUT2D eigenvalue weighted by atomic mass is 10.2. The summed E-state index contributed by atoms with van der Waals surface area (Å²) in [7, 11) is 0. The molecule has 0 aliphatic carbocycles. The fourth-order valence-electron chi connectivity index (χ4n) is 2.04. The topological polar surface area (TPSA) is 70.9 Å². The van der Waals surface area contributed by atoms with Crippen LogP contribution in [0.1, 0.15) is 18.7 Å². The number of furan rings is 1. The third-order valence-corrected chi connectivity index (χ3v) is 3.70. The highest BCUT2D eigenvalue weighted by molar-refractivity contribution is 6.33. The minimum Gasteiger partial charge on any atom is -0.459 e. The van der Waals surface area contributed by atoms with E-state index in [1.54, 1.807) is 6.07 Å². The molecule has 0 aliphatic heterocycles. The number of nitrogens with zero attached hydrogens (tertiary/aromatic N) is 1. The first-order valence-corrected chi connectivity index (χ1v) is 6.99. The van der Waals surface area contributed by atoms with Crippen molar-refractivity contribution in [2.75, 3.05) is 5.32 Å². The van der Waals surface area contributed by atoms with Crippen molar-refractivity contribution in [3.05, 3.63) is 56.6 Å². The smallest absolute Gasteiger partial charge is 0.285 e. The maximum atomic E-state index is 11.4. The monoisotopic (exact) mass is 323 g/mol. The predicted molar refractivity (Wildman–Crippen MR) is 83.1 cm³/mol. The number of aromatic nitrogens is 2. The van der Waals surface area contributed by atoms with Crippen LogP contribution in [0.2, 0.25) is 10.0 Å². The highest BCUT2D eigenvalue weighted by atomic mass is 35.5. The van der Waals surface area contributed by atoms with E-state index in [0.29, 0.717) is 16.5 Å². The van der Waals surface area contributed by atoms with Gasteiger partial charge in [-0.2, -0.15) is 5.10 Å². The molecule has 0 radical (unpaired) electrons. The molecule has 0 amide bonds. The first-order chi connectivity index (χ1) is 10.0. The molecule has 1 unspecified atom stereocenters. The minimum atomic E-state index is -0.440. The van der Waals surface area contributed by atoms with Crippen LogP contribution in [0, 0.1) is 0 Å². The van der Waals surface area contributed by atoms with Gasteiger partial charge in [-0.15, -0.1) is 0 Å². The van der Waals surface area contributed by atoms with Gasteiger partial charge < -0.3 is 9.73 Å². The van der Waals surface area contributed by atoms with Crippen LogP contribution in [0.5, 0.6) is 0 Å². The number of H-pyrrole nitrogens is 1. The van der Waals surface area contributed by atoms with E-state index in [2.05, 4.69) is 15.5 Å². The van der Waals surface area contributed by atoms with Gasteiger partial charge in [-0.05, 0) is 31.2 Å². The molecular formula is C14H11Cl2N3O2. The third-order valence-electron chi connectivity index (χ3n) is 3.09. The summed E-state index contributed by atoms with van der Waals surface area (Å²) in [5, 5.41) is 10.7. The van der Waals surface area contributed by atoms with Gasteiger partial charge in [-0.25, -0.2) is 5.10 Å². The molecule has 0 fully saturated rings. The van der Waals surface area contributed by atoms with Gasteiger partial charge in [-0.3, -0.25) is 4.79 Å². The van der Waals surface area contributed by atoms with Crippen LogP contribution in [0.4, 0.5) is 5.69 Å². The summed E-state index contributed by atoms with van der Waals surface area (Å²) in [4.78, 5) is 11.4. The number of nitrogens with one attached hydrogen (secondary N) is 2. The summed E-state index contributed by atoms with van der Waals surface area (Å²) < 4.78 is 5.76. The van der Waals surface area contributed by atoms with Gasteiger partial charge in [0.05, 0.1) is 17.9 Å². The Morgan fingerprint density at radius 3 is 2.95 bits per heavy atom. The lowest BCUT2D eigenvalue weighted by Crippen LogP contribution is -2.13. The number of anilines is 1. The van der Waals surface area contributed by atoms with Crippen molar-refractivity contribution >= 4 is 39.9 Å². The van der Waals surface area contributed by atoms with E-state index < -0.39 is 5.56 Å². The number of halogens is 2. The van der Waals surface area contributed by atoms with E-state index in [9.17, 15) is 4.79 Å². The van der Waals surface area contributed by atoms with Crippen LogP contribution >= 0.6 is 23.2 Å².